The molecular formula is C16H17ClN4O4S. The van der Waals surface area contributed by atoms with E-state index in [1.54, 1.807) is 12.1 Å². The summed E-state index contributed by atoms with van der Waals surface area (Å²) in [5, 5.41) is 4.24. The number of rotatable bonds is 7. The molecule has 0 aliphatic carbocycles. The second-order valence-corrected chi connectivity index (χ2v) is 5.87. The zero-order valence-corrected chi connectivity index (χ0v) is 15.7. The third-order valence-corrected chi connectivity index (χ3v) is 3.60. The van der Waals surface area contributed by atoms with E-state index in [1.807, 2.05) is 6.92 Å². The maximum Gasteiger partial charge on any atom is 0.251 e. The van der Waals surface area contributed by atoms with Crippen LogP contribution in [0.1, 0.15) is 18.2 Å². The molecule has 0 aliphatic heterocycles. The first-order valence-electron chi connectivity index (χ1n) is 7.57. The summed E-state index contributed by atoms with van der Waals surface area (Å²) in [6, 6.07) is 4.58. The first-order valence-corrected chi connectivity index (χ1v) is 8.36. The predicted octanol–water partition coefficient (Wildman–Crippen LogP) is 2.19. The Morgan fingerprint density at radius 1 is 1.38 bits per heavy atom. The second-order valence-electron chi connectivity index (χ2n) is 5.05. The quantitative estimate of drug-likeness (QED) is 0.377. The van der Waals surface area contributed by atoms with Crippen LogP contribution in [0.5, 0.6) is 11.5 Å². The molecule has 8 nitrogen and oxygen atoms in total. The number of nitrogens with zero attached hydrogens (tertiary/aromatic N) is 1. The summed E-state index contributed by atoms with van der Waals surface area (Å²) < 4.78 is 10.8. The van der Waals surface area contributed by atoms with Gasteiger partial charge in [0.25, 0.3) is 5.56 Å². The van der Waals surface area contributed by atoms with Crippen molar-refractivity contribution in [3.63, 3.8) is 0 Å². The number of hydrogen-bond donors (Lipinski definition) is 3. The number of benzene rings is 1. The standard InChI is InChI=1S/C16H17ClN4O4S/c1-3-25-15-11(17)4-9(5-12(15)24-2)8-18-21-14(23)7-10-6-13(22)20-16(26)19-10/h4-6,8H,3,7H2,1-2H3,(H,21,23)(H2,19,20,22,26)/b18-8-. The Hall–Kier alpha value is -2.65. The molecule has 0 radical (unpaired) electrons. The highest BCUT2D eigenvalue weighted by atomic mass is 35.5. The highest BCUT2D eigenvalue weighted by molar-refractivity contribution is 7.71. The van der Waals surface area contributed by atoms with Gasteiger partial charge in [0.15, 0.2) is 16.3 Å². The van der Waals surface area contributed by atoms with Gasteiger partial charge in [0, 0.05) is 11.8 Å². The summed E-state index contributed by atoms with van der Waals surface area (Å²) in [5.41, 5.74) is 2.99. The molecule has 0 atom stereocenters. The maximum absolute atomic E-state index is 11.9. The summed E-state index contributed by atoms with van der Waals surface area (Å²) in [7, 11) is 1.50. The van der Waals surface area contributed by atoms with Crippen molar-refractivity contribution < 1.29 is 14.3 Å². The van der Waals surface area contributed by atoms with E-state index in [9.17, 15) is 9.59 Å². The minimum absolute atomic E-state index is 0.0712. The molecule has 0 aliphatic rings. The SMILES string of the molecule is CCOc1c(Cl)cc(/C=N\NC(=O)Cc2cc(=O)[nH]c(=S)[nH]2)cc1OC. The van der Waals surface area contributed by atoms with Gasteiger partial charge in [-0.05, 0) is 36.8 Å². The number of aromatic nitrogens is 2. The normalized spacial score (nSPS) is 10.7. The molecule has 2 aromatic rings. The highest BCUT2D eigenvalue weighted by Crippen LogP contribution is 2.35. The number of hydrazone groups is 1. The lowest BCUT2D eigenvalue weighted by atomic mass is 10.2. The van der Waals surface area contributed by atoms with Gasteiger partial charge >= 0.3 is 0 Å². The molecule has 0 bridgehead atoms. The van der Waals surface area contributed by atoms with Crippen LogP contribution in [0.2, 0.25) is 5.02 Å². The molecule has 0 saturated carbocycles. The van der Waals surface area contributed by atoms with E-state index >= 15 is 0 Å². The number of halogens is 1. The molecule has 1 aromatic carbocycles. The Morgan fingerprint density at radius 2 is 2.15 bits per heavy atom. The maximum atomic E-state index is 11.9. The van der Waals surface area contributed by atoms with Gasteiger partial charge in [-0.2, -0.15) is 5.10 Å². The molecule has 1 aromatic heterocycles. The molecule has 0 fully saturated rings. The Labute approximate surface area is 159 Å². The molecule has 26 heavy (non-hydrogen) atoms. The van der Waals surface area contributed by atoms with Crippen LogP contribution < -0.4 is 20.5 Å². The molecule has 138 valence electrons. The average Bonchev–Trinajstić information content (AvgIpc) is 2.56. The number of amides is 1. The molecular weight excluding hydrogens is 380 g/mol. The van der Waals surface area contributed by atoms with E-state index in [-0.39, 0.29) is 16.8 Å². The Morgan fingerprint density at radius 3 is 2.81 bits per heavy atom. The monoisotopic (exact) mass is 396 g/mol. The number of hydrogen-bond acceptors (Lipinski definition) is 6. The van der Waals surface area contributed by atoms with Crippen LogP contribution in [0.3, 0.4) is 0 Å². The number of ether oxygens (including phenoxy) is 2. The van der Waals surface area contributed by atoms with E-state index in [0.29, 0.717) is 34.4 Å². The van der Waals surface area contributed by atoms with Crippen LogP contribution in [-0.2, 0) is 11.2 Å². The molecule has 1 heterocycles. The molecule has 2 rings (SSSR count). The van der Waals surface area contributed by atoms with Gasteiger partial charge in [0.2, 0.25) is 5.91 Å². The van der Waals surface area contributed by atoms with E-state index < -0.39 is 5.91 Å². The van der Waals surface area contributed by atoms with Crippen LogP contribution in [0.15, 0.2) is 28.1 Å². The predicted molar refractivity (Wildman–Crippen MR) is 101 cm³/mol. The van der Waals surface area contributed by atoms with Crippen molar-refractivity contribution in [3.05, 3.63) is 49.6 Å². The van der Waals surface area contributed by atoms with Gasteiger partial charge < -0.3 is 14.5 Å². The highest BCUT2D eigenvalue weighted by Gasteiger charge is 2.11. The topological polar surface area (TPSA) is 109 Å². The van der Waals surface area contributed by atoms with E-state index in [0.717, 1.165) is 0 Å². The molecule has 0 saturated heterocycles. The zero-order chi connectivity index (χ0) is 19.1. The third kappa shape index (κ3) is 5.43. The fourth-order valence-corrected chi connectivity index (χ4v) is 2.61. The molecule has 10 heteroatoms. The van der Waals surface area contributed by atoms with Gasteiger partial charge in [-0.25, -0.2) is 5.43 Å². The van der Waals surface area contributed by atoms with Crippen LogP contribution in [-0.4, -0.2) is 35.8 Å². The largest absolute Gasteiger partial charge is 0.493 e. The zero-order valence-electron chi connectivity index (χ0n) is 14.1. The second kappa shape index (κ2) is 9.16. The first kappa shape index (κ1) is 19.7. The van der Waals surface area contributed by atoms with Crippen molar-refractivity contribution in [2.24, 2.45) is 5.10 Å². The van der Waals surface area contributed by atoms with Gasteiger partial charge in [0.05, 0.1) is 31.4 Å². The summed E-state index contributed by atoms with van der Waals surface area (Å²) in [5.74, 6) is 0.493. The van der Waals surface area contributed by atoms with Crippen molar-refractivity contribution in [3.8, 4) is 11.5 Å². The van der Waals surface area contributed by atoms with Gasteiger partial charge in [-0.1, -0.05) is 11.6 Å². The van der Waals surface area contributed by atoms with Crippen LogP contribution in [0, 0.1) is 4.77 Å². The van der Waals surface area contributed by atoms with E-state index in [1.165, 1.54) is 19.4 Å². The number of carbonyl (C=O) groups is 1. The van der Waals surface area contributed by atoms with Crippen LogP contribution in [0.4, 0.5) is 0 Å². The van der Waals surface area contributed by atoms with Crippen LogP contribution in [0.25, 0.3) is 0 Å². The number of carbonyl (C=O) groups excluding carboxylic acids is 1. The summed E-state index contributed by atoms with van der Waals surface area (Å²) in [6.45, 7) is 2.29. The Bertz CT molecular complexity index is 910. The van der Waals surface area contributed by atoms with Gasteiger partial charge in [-0.3, -0.25) is 14.6 Å². The fourth-order valence-electron chi connectivity index (χ4n) is 2.10. The van der Waals surface area contributed by atoms with Gasteiger partial charge in [0.1, 0.15) is 0 Å². The first-order chi connectivity index (χ1) is 12.4. The lowest BCUT2D eigenvalue weighted by Gasteiger charge is -2.11. The van der Waals surface area contributed by atoms with Crippen molar-refractivity contribution >= 4 is 35.9 Å². The number of H-pyrrole nitrogens is 2. The molecule has 0 unspecified atom stereocenters. The average molecular weight is 397 g/mol. The third-order valence-electron chi connectivity index (χ3n) is 3.11. The van der Waals surface area contributed by atoms with E-state index in [2.05, 4.69) is 20.5 Å². The van der Waals surface area contributed by atoms with E-state index in [4.69, 9.17) is 33.3 Å². The Balaban J connectivity index is 2.05. The Kier molecular flexibility index (Phi) is 6.93. The summed E-state index contributed by atoms with van der Waals surface area (Å²) >= 11 is 11.0. The smallest absolute Gasteiger partial charge is 0.251 e. The fraction of sp³-hybridized carbons (Fsp3) is 0.250. The van der Waals surface area contributed by atoms with Crippen molar-refractivity contribution in [2.75, 3.05) is 13.7 Å². The minimum Gasteiger partial charge on any atom is -0.493 e. The van der Waals surface area contributed by atoms with Crippen molar-refractivity contribution in [1.82, 2.24) is 15.4 Å². The van der Waals surface area contributed by atoms with Crippen molar-refractivity contribution in [2.45, 2.75) is 13.3 Å². The molecule has 1 amide bonds. The number of methoxy groups -OCH3 is 1. The molecule has 3 N–H and O–H groups in total. The van der Waals surface area contributed by atoms with Crippen molar-refractivity contribution in [1.29, 1.82) is 0 Å². The van der Waals surface area contributed by atoms with Crippen LogP contribution >= 0.6 is 23.8 Å². The number of aromatic amines is 2. The minimum atomic E-state index is -0.415. The number of nitrogens with one attached hydrogen (secondary N) is 3. The van der Waals surface area contributed by atoms with Gasteiger partial charge in [-0.15, -0.1) is 0 Å². The summed E-state index contributed by atoms with van der Waals surface area (Å²) in [6.07, 6.45) is 1.35. The lowest BCUT2D eigenvalue weighted by Crippen LogP contribution is -2.21. The lowest BCUT2D eigenvalue weighted by molar-refractivity contribution is -0.120. The molecule has 0 spiro atoms. The summed E-state index contributed by atoms with van der Waals surface area (Å²) in [4.78, 5) is 28.3.